The van der Waals surface area contributed by atoms with Crippen LogP contribution in [0, 0.1) is 6.92 Å². The van der Waals surface area contributed by atoms with Crippen LogP contribution in [0.5, 0.6) is 11.5 Å². The van der Waals surface area contributed by atoms with Crippen molar-refractivity contribution < 1.29 is 27.8 Å². The van der Waals surface area contributed by atoms with Gasteiger partial charge in [0, 0.05) is 24.1 Å². The van der Waals surface area contributed by atoms with E-state index in [1.807, 2.05) is 6.92 Å². The Morgan fingerprint density at radius 2 is 1.68 bits per heavy atom. The minimum absolute atomic E-state index is 0.113. The first-order valence-electron chi connectivity index (χ1n) is 8.58. The van der Waals surface area contributed by atoms with Crippen molar-refractivity contribution in [3.8, 4) is 11.5 Å². The quantitative estimate of drug-likeness (QED) is 0.651. The third kappa shape index (κ3) is 3.55. The first-order valence-corrected chi connectivity index (χ1v) is 10.0. The summed E-state index contributed by atoms with van der Waals surface area (Å²) in [7, 11) is -0.916. The van der Waals surface area contributed by atoms with Crippen molar-refractivity contribution in [2.24, 2.45) is 0 Å². The first-order chi connectivity index (χ1) is 13.3. The summed E-state index contributed by atoms with van der Waals surface area (Å²) in [4.78, 5) is 11.2. The van der Waals surface area contributed by atoms with Gasteiger partial charge >= 0.3 is 5.97 Å². The smallest absolute Gasteiger partial charge is 0.303 e. The molecule has 148 valence electrons. The normalized spacial score (nSPS) is 11.5. The van der Waals surface area contributed by atoms with Gasteiger partial charge < -0.3 is 14.6 Å². The number of methoxy groups -OCH3 is 2. The van der Waals surface area contributed by atoms with E-state index in [0.717, 1.165) is 5.56 Å². The van der Waals surface area contributed by atoms with Crippen molar-refractivity contribution in [2.75, 3.05) is 14.2 Å². The highest BCUT2D eigenvalue weighted by molar-refractivity contribution is 7.90. The largest absolute Gasteiger partial charge is 0.493 e. The lowest BCUT2D eigenvalue weighted by Gasteiger charge is -2.11. The summed E-state index contributed by atoms with van der Waals surface area (Å²) in [5.74, 6) is -0.127. The summed E-state index contributed by atoms with van der Waals surface area (Å²) in [5, 5.41) is 9.64. The van der Waals surface area contributed by atoms with Crippen LogP contribution in [-0.2, 0) is 21.2 Å². The van der Waals surface area contributed by atoms with E-state index in [0.29, 0.717) is 28.0 Å². The number of aliphatic carboxylic acids is 1. The fraction of sp³-hybridized carbons (Fsp3) is 0.250. The summed E-state index contributed by atoms with van der Waals surface area (Å²) in [6.07, 6.45) is 1.55. The summed E-state index contributed by atoms with van der Waals surface area (Å²) < 4.78 is 38.3. The zero-order valence-electron chi connectivity index (χ0n) is 15.8. The van der Waals surface area contributed by atoms with Crippen LogP contribution in [0.1, 0.15) is 17.5 Å². The Hall–Kier alpha value is -3.00. The number of hydrogen-bond acceptors (Lipinski definition) is 5. The van der Waals surface area contributed by atoms with Gasteiger partial charge in [-0.1, -0.05) is 17.7 Å². The highest BCUT2D eigenvalue weighted by Gasteiger charge is 2.23. The number of carbonyl (C=O) groups is 1. The molecule has 3 rings (SSSR count). The van der Waals surface area contributed by atoms with Crippen molar-refractivity contribution in [1.29, 1.82) is 0 Å². The molecule has 0 saturated heterocycles. The molecule has 0 aliphatic carbocycles. The molecule has 0 radical (unpaired) electrons. The van der Waals surface area contributed by atoms with E-state index >= 15 is 0 Å². The molecule has 0 aliphatic rings. The predicted octanol–water partition coefficient (Wildman–Crippen LogP) is 3.22. The van der Waals surface area contributed by atoms with Gasteiger partial charge in [0.25, 0.3) is 10.0 Å². The standard InChI is InChI=1S/C20H21NO6S/c1-13-4-7-15(8-5-13)28(24,25)21-12-14(6-9-20(22)23)16-10-18(26-2)19(27-3)11-17(16)21/h4-5,7-8,10-12H,6,9H2,1-3H3,(H,22,23). The number of aryl methyl sites for hydroxylation is 2. The molecule has 1 N–H and O–H groups in total. The monoisotopic (exact) mass is 403 g/mol. The number of aromatic nitrogens is 1. The Morgan fingerprint density at radius 1 is 1.07 bits per heavy atom. The Kier molecular flexibility index (Phi) is 5.33. The molecule has 2 aromatic carbocycles. The van der Waals surface area contributed by atoms with Gasteiger partial charge in [-0.2, -0.15) is 0 Å². The molecule has 0 amide bonds. The van der Waals surface area contributed by atoms with Gasteiger partial charge in [-0.25, -0.2) is 12.4 Å². The van der Waals surface area contributed by atoms with E-state index in [9.17, 15) is 13.2 Å². The van der Waals surface area contributed by atoms with Crippen LogP contribution in [0.2, 0.25) is 0 Å². The van der Waals surface area contributed by atoms with Crippen LogP contribution >= 0.6 is 0 Å². The highest BCUT2D eigenvalue weighted by Crippen LogP contribution is 2.36. The van der Waals surface area contributed by atoms with Crippen LogP contribution < -0.4 is 9.47 Å². The molecule has 7 nitrogen and oxygen atoms in total. The number of rotatable bonds is 7. The maximum absolute atomic E-state index is 13.2. The van der Waals surface area contributed by atoms with E-state index in [2.05, 4.69) is 0 Å². The predicted molar refractivity (Wildman–Crippen MR) is 105 cm³/mol. The van der Waals surface area contributed by atoms with E-state index in [4.69, 9.17) is 14.6 Å². The number of ether oxygens (including phenoxy) is 2. The van der Waals surface area contributed by atoms with E-state index in [-0.39, 0.29) is 17.7 Å². The third-order valence-corrected chi connectivity index (χ3v) is 6.23. The minimum atomic E-state index is -3.87. The second-order valence-electron chi connectivity index (χ2n) is 6.39. The Balaban J connectivity index is 2.26. The maximum atomic E-state index is 13.2. The van der Waals surface area contributed by atoms with Gasteiger partial charge in [0.05, 0.1) is 24.6 Å². The van der Waals surface area contributed by atoms with Crippen molar-refractivity contribution in [1.82, 2.24) is 3.97 Å². The van der Waals surface area contributed by atoms with E-state index < -0.39 is 16.0 Å². The van der Waals surface area contributed by atoms with Gasteiger partial charge in [0.1, 0.15) is 0 Å². The zero-order valence-corrected chi connectivity index (χ0v) is 16.6. The molecule has 0 spiro atoms. The van der Waals surface area contributed by atoms with Crippen LogP contribution in [-0.4, -0.2) is 37.7 Å². The molecule has 0 bridgehead atoms. The number of fused-ring (bicyclic) bond motifs is 1. The number of hydrogen-bond donors (Lipinski definition) is 1. The fourth-order valence-electron chi connectivity index (χ4n) is 3.05. The van der Waals surface area contributed by atoms with Gasteiger partial charge in [-0.15, -0.1) is 0 Å². The lowest BCUT2D eigenvalue weighted by Crippen LogP contribution is -2.12. The number of carboxylic acid groups (broad SMARTS) is 1. The Labute approximate surface area is 163 Å². The molecule has 0 atom stereocenters. The summed E-state index contributed by atoms with van der Waals surface area (Å²) in [5.41, 5.74) is 1.96. The van der Waals surface area contributed by atoms with Crippen molar-refractivity contribution in [3.63, 3.8) is 0 Å². The van der Waals surface area contributed by atoms with Crippen LogP contribution in [0.25, 0.3) is 10.9 Å². The lowest BCUT2D eigenvalue weighted by molar-refractivity contribution is -0.136. The molecule has 28 heavy (non-hydrogen) atoms. The molecule has 3 aromatic rings. The first kappa shape index (κ1) is 19.8. The molecule has 1 heterocycles. The zero-order chi connectivity index (χ0) is 20.5. The lowest BCUT2D eigenvalue weighted by atomic mass is 10.1. The summed E-state index contributed by atoms with van der Waals surface area (Å²) in [6, 6.07) is 9.82. The minimum Gasteiger partial charge on any atom is -0.493 e. The van der Waals surface area contributed by atoms with Gasteiger partial charge in [0.2, 0.25) is 0 Å². The molecule has 0 aliphatic heterocycles. The molecule has 0 fully saturated rings. The van der Waals surface area contributed by atoms with Crippen LogP contribution in [0.15, 0.2) is 47.5 Å². The second kappa shape index (κ2) is 7.55. The van der Waals surface area contributed by atoms with Crippen LogP contribution in [0.4, 0.5) is 0 Å². The van der Waals surface area contributed by atoms with Crippen molar-refractivity contribution in [3.05, 3.63) is 53.7 Å². The molecule has 0 saturated carbocycles. The summed E-state index contributed by atoms with van der Waals surface area (Å²) >= 11 is 0. The van der Waals surface area contributed by atoms with Gasteiger partial charge in [-0.3, -0.25) is 4.79 Å². The topological polar surface area (TPSA) is 94.8 Å². The highest BCUT2D eigenvalue weighted by atomic mass is 32.2. The second-order valence-corrected chi connectivity index (χ2v) is 8.20. The van der Waals surface area contributed by atoms with Gasteiger partial charge in [-0.05, 0) is 37.1 Å². The molecule has 0 unspecified atom stereocenters. The van der Waals surface area contributed by atoms with E-state index in [1.54, 1.807) is 36.4 Å². The summed E-state index contributed by atoms with van der Waals surface area (Å²) in [6.45, 7) is 1.88. The van der Waals surface area contributed by atoms with Gasteiger partial charge in [0.15, 0.2) is 11.5 Å². The fourth-order valence-corrected chi connectivity index (χ4v) is 4.44. The van der Waals surface area contributed by atoms with Crippen LogP contribution in [0.3, 0.4) is 0 Å². The molecular weight excluding hydrogens is 382 g/mol. The number of benzene rings is 2. The average Bonchev–Trinajstić information content (AvgIpc) is 3.03. The number of carboxylic acids is 1. The van der Waals surface area contributed by atoms with E-state index in [1.165, 1.54) is 24.4 Å². The van der Waals surface area contributed by atoms with Crippen molar-refractivity contribution >= 4 is 26.9 Å². The Morgan fingerprint density at radius 3 is 2.25 bits per heavy atom. The molecule has 1 aromatic heterocycles. The third-order valence-electron chi connectivity index (χ3n) is 4.54. The molecular formula is C20H21NO6S. The SMILES string of the molecule is COc1cc2c(CCC(=O)O)cn(S(=O)(=O)c3ccc(C)cc3)c2cc1OC. The average molecular weight is 403 g/mol. The molecule has 8 heteroatoms. The van der Waals surface area contributed by atoms with Crippen molar-refractivity contribution in [2.45, 2.75) is 24.7 Å². The number of nitrogens with zero attached hydrogens (tertiary/aromatic N) is 1. The Bertz CT molecular complexity index is 1130. The maximum Gasteiger partial charge on any atom is 0.303 e.